The van der Waals surface area contributed by atoms with Gasteiger partial charge in [-0.25, -0.2) is 9.78 Å². The molecule has 0 spiro atoms. The average molecular weight is 344 g/mol. The monoisotopic (exact) mass is 344 g/mol. The van der Waals surface area contributed by atoms with Gasteiger partial charge in [0.05, 0.1) is 11.9 Å². The highest BCUT2D eigenvalue weighted by atomic mass is 32.1. The van der Waals surface area contributed by atoms with E-state index >= 15 is 0 Å². The van der Waals surface area contributed by atoms with Crippen LogP contribution >= 0.6 is 12.2 Å². The van der Waals surface area contributed by atoms with Crippen molar-refractivity contribution in [2.24, 2.45) is 0 Å². The van der Waals surface area contributed by atoms with Crippen LogP contribution in [0.3, 0.4) is 0 Å². The van der Waals surface area contributed by atoms with Crippen LogP contribution in [-0.2, 0) is 0 Å². The lowest BCUT2D eigenvalue weighted by molar-refractivity contribution is 0.207. The van der Waals surface area contributed by atoms with E-state index in [1.54, 1.807) is 25.4 Å². The van der Waals surface area contributed by atoms with Gasteiger partial charge < -0.3 is 15.4 Å². The maximum atomic E-state index is 12.1. The molecule has 1 aromatic carbocycles. The van der Waals surface area contributed by atoms with E-state index in [0.29, 0.717) is 10.8 Å². The van der Waals surface area contributed by atoms with E-state index in [1.165, 1.54) is 4.90 Å². The number of rotatable bonds is 4. The summed E-state index contributed by atoms with van der Waals surface area (Å²) < 4.78 is 5.25. The van der Waals surface area contributed by atoms with Crippen molar-refractivity contribution in [2.75, 3.05) is 17.3 Å². The Labute approximate surface area is 146 Å². The molecule has 1 heterocycles. The number of amides is 1. The predicted molar refractivity (Wildman–Crippen MR) is 99.6 cm³/mol. The van der Waals surface area contributed by atoms with Gasteiger partial charge in [0, 0.05) is 24.8 Å². The number of hydrogen-bond acceptors (Lipinski definition) is 4. The van der Waals surface area contributed by atoms with Crippen molar-refractivity contribution in [3.05, 3.63) is 48.7 Å². The Hall–Kier alpha value is -2.67. The summed E-state index contributed by atoms with van der Waals surface area (Å²) >= 11 is 5.16. The zero-order valence-electron chi connectivity index (χ0n) is 13.8. The minimum atomic E-state index is -0.508. The molecule has 0 atom stereocenters. The molecule has 0 aliphatic heterocycles. The number of carbonyl (C=O) groups excluding carboxylic acids is 1. The molecule has 6 nitrogen and oxygen atoms in total. The number of nitrogens with zero attached hydrogens (tertiary/aromatic N) is 2. The Morgan fingerprint density at radius 2 is 1.92 bits per heavy atom. The molecular formula is C17H20N4O2S. The molecule has 7 heteroatoms. The van der Waals surface area contributed by atoms with Gasteiger partial charge in [0.15, 0.2) is 5.11 Å². The second-order valence-corrected chi connectivity index (χ2v) is 5.81. The summed E-state index contributed by atoms with van der Waals surface area (Å²) in [5.74, 6) is 0.219. The van der Waals surface area contributed by atoms with Crippen LogP contribution in [0.1, 0.15) is 13.8 Å². The largest absolute Gasteiger partial charge is 0.420 e. The number of anilines is 2. The normalized spacial score (nSPS) is 10.2. The third kappa shape index (κ3) is 5.20. The van der Waals surface area contributed by atoms with E-state index in [1.807, 2.05) is 44.2 Å². The van der Waals surface area contributed by atoms with Gasteiger partial charge in [0.2, 0.25) is 5.88 Å². The number of carbonyl (C=O) groups is 1. The second kappa shape index (κ2) is 8.26. The van der Waals surface area contributed by atoms with Crippen LogP contribution in [0.2, 0.25) is 0 Å². The first-order valence-electron chi connectivity index (χ1n) is 7.50. The van der Waals surface area contributed by atoms with E-state index in [9.17, 15) is 4.79 Å². The molecule has 0 fully saturated rings. The van der Waals surface area contributed by atoms with Crippen molar-refractivity contribution in [3.63, 3.8) is 0 Å². The number of pyridine rings is 1. The summed E-state index contributed by atoms with van der Waals surface area (Å²) in [6, 6.07) is 12.8. The molecule has 0 bridgehead atoms. The van der Waals surface area contributed by atoms with Crippen molar-refractivity contribution in [2.45, 2.75) is 19.9 Å². The topological polar surface area (TPSA) is 66.5 Å². The predicted octanol–water partition coefficient (Wildman–Crippen LogP) is 3.41. The fourth-order valence-electron chi connectivity index (χ4n) is 1.86. The zero-order chi connectivity index (χ0) is 17.5. The quantitative estimate of drug-likeness (QED) is 0.829. The van der Waals surface area contributed by atoms with Crippen molar-refractivity contribution in [1.82, 2.24) is 10.3 Å². The number of nitrogens with one attached hydrogen (secondary N) is 2. The molecule has 126 valence electrons. The fraction of sp³-hybridized carbons (Fsp3) is 0.235. The van der Waals surface area contributed by atoms with Crippen molar-refractivity contribution in [3.8, 4) is 5.88 Å². The Morgan fingerprint density at radius 1 is 1.21 bits per heavy atom. The van der Waals surface area contributed by atoms with Gasteiger partial charge in [0.25, 0.3) is 0 Å². The standard InChI is InChI=1S/C17H20N4O2S/c1-12(2)19-16(24)20-13-9-10-15(18-11-13)23-17(22)21(3)14-7-5-4-6-8-14/h4-12H,1-3H3,(H2,19,20,24). The van der Waals surface area contributed by atoms with Crippen molar-refractivity contribution in [1.29, 1.82) is 0 Å². The van der Waals surface area contributed by atoms with Crippen LogP contribution in [0, 0.1) is 0 Å². The molecule has 1 amide bonds. The highest BCUT2D eigenvalue weighted by Crippen LogP contribution is 2.15. The summed E-state index contributed by atoms with van der Waals surface area (Å²) in [7, 11) is 1.64. The van der Waals surface area contributed by atoms with E-state index < -0.39 is 6.09 Å². The highest BCUT2D eigenvalue weighted by molar-refractivity contribution is 7.80. The number of benzene rings is 1. The summed E-state index contributed by atoms with van der Waals surface area (Å²) in [6.45, 7) is 4.00. The lowest BCUT2D eigenvalue weighted by atomic mass is 10.3. The molecule has 2 N–H and O–H groups in total. The Bertz CT molecular complexity index is 689. The Kier molecular flexibility index (Phi) is 6.08. The van der Waals surface area contributed by atoms with Crippen LogP contribution in [0.25, 0.3) is 0 Å². The van der Waals surface area contributed by atoms with Crippen molar-refractivity contribution >= 4 is 34.8 Å². The first-order valence-corrected chi connectivity index (χ1v) is 7.90. The maximum absolute atomic E-state index is 12.1. The number of ether oxygens (including phenoxy) is 1. The summed E-state index contributed by atoms with van der Waals surface area (Å²) in [4.78, 5) is 17.6. The van der Waals surface area contributed by atoms with Crippen LogP contribution in [0.15, 0.2) is 48.7 Å². The van der Waals surface area contributed by atoms with Crippen molar-refractivity contribution < 1.29 is 9.53 Å². The molecule has 0 radical (unpaired) electrons. The summed E-state index contributed by atoms with van der Waals surface area (Å²) in [5, 5.41) is 6.60. The molecule has 2 aromatic rings. The highest BCUT2D eigenvalue weighted by Gasteiger charge is 2.13. The van der Waals surface area contributed by atoms with E-state index in [4.69, 9.17) is 17.0 Å². The number of para-hydroxylation sites is 1. The van der Waals surface area contributed by atoms with Gasteiger partial charge in [-0.05, 0) is 44.3 Å². The average Bonchev–Trinajstić information content (AvgIpc) is 2.56. The van der Waals surface area contributed by atoms with Gasteiger partial charge in [-0.3, -0.25) is 4.90 Å². The number of aromatic nitrogens is 1. The first kappa shape index (κ1) is 17.7. The third-order valence-corrected chi connectivity index (χ3v) is 3.24. The lowest BCUT2D eigenvalue weighted by Gasteiger charge is -2.16. The number of hydrogen-bond donors (Lipinski definition) is 2. The molecule has 0 unspecified atom stereocenters. The molecule has 1 aromatic heterocycles. The Morgan fingerprint density at radius 3 is 2.50 bits per heavy atom. The molecule has 2 rings (SSSR count). The van der Waals surface area contributed by atoms with Gasteiger partial charge >= 0.3 is 6.09 Å². The van der Waals surface area contributed by atoms with Crippen LogP contribution in [0.5, 0.6) is 5.88 Å². The number of thiocarbonyl (C=S) groups is 1. The SMILES string of the molecule is CC(C)NC(=S)Nc1ccc(OC(=O)N(C)c2ccccc2)nc1. The molecule has 0 aliphatic carbocycles. The Balaban J connectivity index is 1.94. The second-order valence-electron chi connectivity index (χ2n) is 5.40. The zero-order valence-corrected chi connectivity index (χ0v) is 14.6. The van der Waals surface area contributed by atoms with Gasteiger partial charge in [-0.2, -0.15) is 0 Å². The summed E-state index contributed by atoms with van der Waals surface area (Å²) in [5.41, 5.74) is 1.45. The van der Waals surface area contributed by atoms with Crippen LogP contribution in [-0.4, -0.2) is 29.3 Å². The third-order valence-electron chi connectivity index (χ3n) is 3.02. The molecular weight excluding hydrogens is 324 g/mol. The molecule has 0 saturated heterocycles. The molecule has 0 aliphatic rings. The molecule has 0 saturated carbocycles. The molecule has 24 heavy (non-hydrogen) atoms. The van der Waals surface area contributed by atoms with Crippen LogP contribution < -0.4 is 20.3 Å². The van der Waals surface area contributed by atoms with E-state index in [0.717, 1.165) is 5.69 Å². The minimum Gasteiger partial charge on any atom is -0.391 e. The first-order chi connectivity index (χ1) is 11.5. The van der Waals surface area contributed by atoms with E-state index in [2.05, 4.69) is 15.6 Å². The van der Waals surface area contributed by atoms with E-state index in [-0.39, 0.29) is 11.9 Å². The van der Waals surface area contributed by atoms with Crippen LogP contribution in [0.4, 0.5) is 16.2 Å². The summed E-state index contributed by atoms with van der Waals surface area (Å²) in [6.07, 6.45) is 1.05. The maximum Gasteiger partial charge on any atom is 0.420 e. The van der Waals surface area contributed by atoms with Gasteiger partial charge in [0.1, 0.15) is 0 Å². The smallest absolute Gasteiger partial charge is 0.391 e. The van der Waals surface area contributed by atoms with Gasteiger partial charge in [-0.1, -0.05) is 18.2 Å². The fourth-order valence-corrected chi connectivity index (χ4v) is 2.21. The van der Waals surface area contributed by atoms with Gasteiger partial charge in [-0.15, -0.1) is 0 Å². The lowest BCUT2D eigenvalue weighted by Crippen LogP contribution is -2.33. The minimum absolute atomic E-state index is 0.219.